The van der Waals surface area contributed by atoms with Crippen LogP contribution in [0.3, 0.4) is 0 Å². The summed E-state index contributed by atoms with van der Waals surface area (Å²) in [5.41, 5.74) is 0.624. The van der Waals surface area contributed by atoms with Crippen LogP contribution in [0.2, 0.25) is 0 Å². The van der Waals surface area contributed by atoms with Gasteiger partial charge in [0.15, 0.2) is 0 Å². The van der Waals surface area contributed by atoms with E-state index in [1.807, 2.05) is 26.8 Å². The molecular formula is C13H21N3O2. The number of aliphatic hydroxyl groups is 1. The summed E-state index contributed by atoms with van der Waals surface area (Å²) in [4.78, 5) is 8.68. The van der Waals surface area contributed by atoms with Crippen molar-refractivity contribution in [3.05, 3.63) is 11.8 Å². The highest BCUT2D eigenvalue weighted by molar-refractivity contribution is 5.35. The molecule has 1 heterocycles. The number of hydrogen-bond acceptors (Lipinski definition) is 5. The smallest absolute Gasteiger partial charge is 0.226 e. The fraction of sp³-hybridized carbons (Fsp3) is 0.692. The Bertz CT molecular complexity index is 411. The van der Waals surface area contributed by atoms with Gasteiger partial charge in [0.25, 0.3) is 0 Å². The molecule has 0 atom stereocenters. The monoisotopic (exact) mass is 251 g/mol. The van der Waals surface area contributed by atoms with E-state index in [0.29, 0.717) is 11.8 Å². The van der Waals surface area contributed by atoms with Crippen molar-refractivity contribution in [3.63, 3.8) is 0 Å². The van der Waals surface area contributed by atoms with Gasteiger partial charge < -0.3 is 15.2 Å². The zero-order valence-corrected chi connectivity index (χ0v) is 11.2. The predicted molar refractivity (Wildman–Crippen MR) is 69.8 cm³/mol. The van der Waals surface area contributed by atoms with Gasteiger partial charge in [0.2, 0.25) is 11.8 Å². The maximum absolute atomic E-state index is 9.43. The van der Waals surface area contributed by atoms with E-state index in [2.05, 4.69) is 15.3 Å². The summed E-state index contributed by atoms with van der Waals surface area (Å²) in [7, 11) is 0. The van der Waals surface area contributed by atoms with Gasteiger partial charge in [-0.15, -0.1) is 0 Å². The lowest BCUT2D eigenvalue weighted by molar-refractivity contribution is 0.143. The van der Waals surface area contributed by atoms with E-state index in [0.717, 1.165) is 25.0 Å². The average molecular weight is 251 g/mol. The second-order valence-corrected chi connectivity index (χ2v) is 5.25. The molecule has 1 aliphatic carbocycles. The van der Waals surface area contributed by atoms with E-state index >= 15 is 0 Å². The summed E-state index contributed by atoms with van der Waals surface area (Å²) in [5, 5.41) is 12.7. The Labute approximate surface area is 108 Å². The number of aliphatic hydroxyl groups excluding tert-OH is 1. The highest BCUT2D eigenvalue weighted by atomic mass is 16.5. The lowest BCUT2D eigenvalue weighted by Gasteiger charge is -2.40. The molecule has 0 spiro atoms. The number of nitrogens with one attached hydrogen (secondary N) is 1. The Morgan fingerprint density at radius 3 is 2.67 bits per heavy atom. The highest BCUT2D eigenvalue weighted by Crippen LogP contribution is 2.34. The van der Waals surface area contributed by atoms with Crippen LogP contribution in [-0.2, 0) is 0 Å². The van der Waals surface area contributed by atoms with Gasteiger partial charge in [-0.25, -0.2) is 4.98 Å². The Hall–Kier alpha value is -1.36. The highest BCUT2D eigenvalue weighted by Gasteiger charge is 2.37. The fourth-order valence-corrected chi connectivity index (χ4v) is 2.06. The molecule has 1 fully saturated rings. The number of rotatable bonds is 5. The number of anilines is 1. The molecule has 100 valence electrons. The standard InChI is InChI=1S/C13H21N3O2/c1-9(2)18-11-7-10(3)14-12(15-11)16-13(8-17)5-4-6-13/h7,9,17H,4-6,8H2,1-3H3,(H,14,15,16). The predicted octanol–water partition coefficient (Wildman–Crippen LogP) is 1.90. The summed E-state index contributed by atoms with van der Waals surface area (Å²) in [6.45, 7) is 5.95. The third-order valence-corrected chi connectivity index (χ3v) is 3.18. The van der Waals surface area contributed by atoms with Gasteiger partial charge in [-0.2, -0.15) is 4.98 Å². The second kappa shape index (κ2) is 5.10. The minimum atomic E-state index is -0.233. The minimum absolute atomic E-state index is 0.0858. The SMILES string of the molecule is Cc1cc(OC(C)C)nc(NC2(CO)CCC2)n1. The lowest BCUT2D eigenvalue weighted by atomic mass is 9.77. The van der Waals surface area contributed by atoms with Gasteiger partial charge in [0, 0.05) is 11.8 Å². The molecule has 0 bridgehead atoms. The number of hydrogen-bond donors (Lipinski definition) is 2. The van der Waals surface area contributed by atoms with Crippen molar-refractivity contribution < 1.29 is 9.84 Å². The molecule has 0 unspecified atom stereocenters. The Morgan fingerprint density at radius 1 is 1.44 bits per heavy atom. The summed E-state index contributed by atoms with van der Waals surface area (Å²) in [5.74, 6) is 1.12. The maximum Gasteiger partial charge on any atom is 0.226 e. The molecule has 18 heavy (non-hydrogen) atoms. The minimum Gasteiger partial charge on any atom is -0.475 e. The van der Waals surface area contributed by atoms with Crippen LogP contribution in [0.5, 0.6) is 5.88 Å². The van der Waals surface area contributed by atoms with Crippen LogP contribution in [0.15, 0.2) is 6.07 Å². The summed E-state index contributed by atoms with van der Waals surface area (Å²) in [6, 6.07) is 1.82. The number of aryl methyl sites for hydroxylation is 1. The molecule has 2 N–H and O–H groups in total. The van der Waals surface area contributed by atoms with Crippen LogP contribution in [0.4, 0.5) is 5.95 Å². The first-order valence-electron chi connectivity index (χ1n) is 6.44. The van der Waals surface area contributed by atoms with Gasteiger partial charge >= 0.3 is 0 Å². The van der Waals surface area contributed by atoms with Crippen molar-refractivity contribution in [2.24, 2.45) is 0 Å². The Kier molecular flexibility index (Phi) is 3.71. The largest absolute Gasteiger partial charge is 0.475 e. The first-order valence-corrected chi connectivity index (χ1v) is 6.44. The summed E-state index contributed by atoms with van der Waals surface area (Å²) >= 11 is 0. The third kappa shape index (κ3) is 2.90. The molecule has 5 nitrogen and oxygen atoms in total. The van der Waals surface area contributed by atoms with Crippen LogP contribution in [0, 0.1) is 6.92 Å². The maximum atomic E-state index is 9.43. The van der Waals surface area contributed by atoms with Crippen LogP contribution < -0.4 is 10.1 Å². The Balaban J connectivity index is 2.14. The van der Waals surface area contributed by atoms with E-state index in [9.17, 15) is 5.11 Å². The van der Waals surface area contributed by atoms with Gasteiger partial charge in [-0.05, 0) is 40.0 Å². The van der Waals surface area contributed by atoms with Crippen molar-refractivity contribution >= 4 is 5.95 Å². The van der Waals surface area contributed by atoms with Crippen LogP contribution in [-0.4, -0.2) is 33.3 Å². The van der Waals surface area contributed by atoms with Crippen molar-refractivity contribution in [3.8, 4) is 5.88 Å². The molecule has 1 saturated carbocycles. The van der Waals surface area contributed by atoms with Crippen LogP contribution in [0.1, 0.15) is 38.8 Å². The molecule has 0 radical (unpaired) electrons. The van der Waals surface area contributed by atoms with Crippen molar-refractivity contribution in [2.45, 2.75) is 51.7 Å². The molecule has 0 aromatic carbocycles. The first-order chi connectivity index (χ1) is 8.53. The van der Waals surface area contributed by atoms with Gasteiger partial charge in [0.1, 0.15) is 0 Å². The molecule has 1 aliphatic rings. The molecule has 5 heteroatoms. The van der Waals surface area contributed by atoms with Crippen molar-refractivity contribution in [2.75, 3.05) is 11.9 Å². The van der Waals surface area contributed by atoms with E-state index in [4.69, 9.17) is 4.74 Å². The van der Waals surface area contributed by atoms with E-state index < -0.39 is 0 Å². The van der Waals surface area contributed by atoms with Crippen molar-refractivity contribution in [1.29, 1.82) is 0 Å². The molecule has 1 aromatic rings. The van der Waals surface area contributed by atoms with E-state index in [1.54, 1.807) is 0 Å². The molecule has 0 aliphatic heterocycles. The molecule has 1 aromatic heterocycles. The quantitative estimate of drug-likeness (QED) is 0.836. The van der Waals surface area contributed by atoms with Crippen molar-refractivity contribution in [1.82, 2.24) is 9.97 Å². The zero-order valence-electron chi connectivity index (χ0n) is 11.2. The second-order valence-electron chi connectivity index (χ2n) is 5.25. The van der Waals surface area contributed by atoms with Crippen LogP contribution >= 0.6 is 0 Å². The Morgan fingerprint density at radius 2 is 2.17 bits per heavy atom. The number of ether oxygens (including phenoxy) is 1. The topological polar surface area (TPSA) is 67.3 Å². The lowest BCUT2D eigenvalue weighted by Crippen LogP contribution is -2.48. The van der Waals surface area contributed by atoms with E-state index in [1.165, 1.54) is 0 Å². The zero-order chi connectivity index (χ0) is 13.2. The van der Waals surface area contributed by atoms with Gasteiger partial charge in [0.05, 0.1) is 18.2 Å². The molecule has 0 saturated heterocycles. The molecular weight excluding hydrogens is 230 g/mol. The fourth-order valence-electron chi connectivity index (χ4n) is 2.06. The van der Waals surface area contributed by atoms with Gasteiger partial charge in [-0.3, -0.25) is 0 Å². The first kappa shape index (κ1) is 13.1. The summed E-state index contributed by atoms with van der Waals surface area (Å²) in [6.07, 6.45) is 3.14. The van der Waals surface area contributed by atoms with Gasteiger partial charge in [-0.1, -0.05) is 0 Å². The third-order valence-electron chi connectivity index (χ3n) is 3.18. The normalized spacial score (nSPS) is 17.4. The van der Waals surface area contributed by atoms with E-state index in [-0.39, 0.29) is 18.2 Å². The molecule has 2 rings (SSSR count). The molecule has 0 amide bonds. The summed E-state index contributed by atoms with van der Waals surface area (Å²) < 4.78 is 5.58. The number of nitrogens with zero attached hydrogens (tertiary/aromatic N) is 2. The number of aromatic nitrogens is 2. The van der Waals surface area contributed by atoms with Crippen LogP contribution in [0.25, 0.3) is 0 Å². The average Bonchev–Trinajstić information content (AvgIpc) is 2.21.